The molecule has 2 nitrogen and oxygen atoms in total. The second kappa shape index (κ2) is 6.41. The Kier molecular flexibility index (Phi) is 4.80. The van der Waals surface area contributed by atoms with Crippen LogP contribution in [-0.4, -0.2) is 6.10 Å². The van der Waals surface area contributed by atoms with Gasteiger partial charge in [0.05, 0.1) is 6.04 Å². The molecule has 112 valence electrons. The van der Waals surface area contributed by atoms with Gasteiger partial charge >= 0.3 is 0 Å². The highest BCUT2D eigenvalue weighted by Crippen LogP contribution is 2.27. The number of ether oxygens (including phenoxy) is 1. The predicted molar refractivity (Wildman–Crippen MR) is 79.6 cm³/mol. The van der Waals surface area contributed by atoms with Crippen LogP contribution in [0.3, 0.4) is 0 Å². The van der Waals surface area contributed by atoms with E-state index in [0.717, 1.165) is 0 Å². The summed E-state index contributed by atoms with van der Waals surface area (Å²) in [5.41, 5.74) is 6.14. The zero-order valence-corrected chi connectivity index (χ0v) is 12.5. The average Bonchev–Trinajstić information content (AvgIpc) is 2.43. The minimum absolute atomic E-state index is 0.162. The first-order valence-corrected chi connectivity index (χ1v) is 6.90. The van der Waals surface area contributed by atoms with Crippen molar-refractivity contribution >= 4 is 11.6 Å². The highest BCUT2D eigenvalue weighted by molar-refractivity contribution is 6.30. The fraction of sp³-hybridized carbons (Fsp3) is 0.250. The Hall–Kier alpha value is -1.65. The summed E-state index contributed by atoms with van der Waals surface area (Å²) in [6.45, 7) is 3.22. The Morgan fingerprint density at radius 1 is 1.19 bits per heavy atom. The first kappa shape index (κ1) is 15.7. The molecule has 0 aliphatic carbocycles. The van der Waals surface area contributed by atoms with Gasteiger partial charge in [0.2, 0.25) is 0 Å². The first-order chi connectivity index (χ1) is 9.90. The van der Waals surface area contributed by atoms with Gasteiger partial charge in [-0.05, 0) is 43.7 Å². The monoisotopic (exact) mass is 311 g/mol. The molecule has 0 aromatic heterocycles. The Balaban J connectivity index is 2.24. The molecule has 0 fully saturated rings. The van der Waals surface area contributed by atoms with Gasteiger partial charge in [-0.3, -0.25) is 0 Å². The number of aryl methyl sites for hydroxylation is 1. The third kappa shape index (κ3) is 3.52. The van der Waals surface area contributed by atoms with Crippen molar-refractivity contribution < 1.29 is 13.5 Å². The normalized spacial score (nSPS) is 13.8. The molecule has 0 aliphatic heterocycles. The molecule has 0 heterocycles. The maximum atomic E-state index is 14.1. The second-order valence-corrected chi connectivity index (χ2v) is 5.33. The Morgan fingerprint density at radius 2 is 1.90 bits per heavy atom. The second-order valence-electron chi connectivity index (χ2n) is 4.90. The van der Waals surface area contributed by atoms with Crippen LogP contribution < -0.4 is 10.5 Å². The van der Waals surface area contributed by atoms with E-state index in [2.05, 4.69) is 0 Å². The Bertz CT molecular complexity index is 648. The van der Waals surface area contributed by atoms with Crippen LogP contribution in [0.5, 0.6) is 5.75 Å². The molecule has 0 amide bonds. The van der Waals surface area contributed by atoms with E-state index in [4.69, 9.17) is 22.1 Å². The average molecular weight is 312 g/mol. The molecule has 0 saturated heterocycles. The minimum atomic E-state index is -0.927. The van der Waals surface area contributed by atoms with Gasteiger partial charge in [0, 0.05) is 10.6 Å². The van der Waals surface area contributed by atoms with Crippen molar-refractivity contribution in [3.05, 3.63) is 64.2 Å². The Labute approximate surface area is 127 Å². The molecule has 0 spiro atoms. The number of hydrogen-bond acceptors (Lipinski definition) is 2. The smallest absolute Gasteiger partial charge is 0.133 e. The van der Waals surface area contributed by atoms with E-state index in [-0.39, 0.29) is 5.56 Å². The van der Waals surface area contributed by atoms with E-state index < -0.39 is 23.8 Å². The molecule has 21 heavy (non-hydrogen) atoms. The molecule has 2 aromatic carbocycles. The molecule has 0 aliphatic rings. The fourth-order valence-electron chi connectivity index (χ4n) is 2.05. The summed E-state index contributed by atoms with van der Waals surface area (Å²) in [4.78, 5) is 0. The fourth-order valence-corrected chi connectivity index (χ4v) is 2.23. The predicted octanol–water partition coefficient (Wildman–Crippen LogP) is 4.39. The number of halogens is 3. The molecular weight excluding hydrogens is 296 g/mol. The lowest BCUT2D eigenvalue weighted by molar-refractivity contribution is 0.186. The van der Waals surface area contributed by atoms with E-state index in [1.54, 1.807) is 38.1 Å². The molecule has 0 radical (unpaired) electrons. The van der Waals surface area contributed by atoms with Gasteiger partial charge in [0.15, 0.2) is 0 Å². The van der Waals surface area contributed by atoms with E-state index in [1.807, 2.05) is 0 Å². The van der Waals surface area contributed by atoms with Crippen LogP contribution in [0.2, 0.25) is 5.02 Å². The van der Waals surface area contributed by atoms with Gasteiger partial charge in [-0.1, -0.05) is 23.7 Å². The van der Waals surface area contributed by atoms with Crippen LogP contribution in [0.25, 0.3) is 0 Å². The van der Waals surface area contributed by atoms with Crippen LogP contribution in [0.15, 0.2) is 36.4 Å². The maximum absolute atomic E-state index is 14.1. The summed E-state index contributed by atoms with van der Waals surface area (Å²) in [7, 11) is 0. The minimum Gasteiger partial charge on any atom is -0.489 e. The third-order valence-corrected chi connectivity index (χ3v) is 3.51. The van der Waals surface area contributed by atoms with E-state index in [1.165, 1.54) is 12.1 Å². The zero-order chi connectivity index (χ0) is 15.6. The zero-order valence-electron chi connectivity index (χ0n) is 11.7. The van der Waals surface area contributed by atoms with Crippen molar-refractivity contribution in [3.63, 3.8) is 0 Å². The molecule has 2 atom stereocenters. The van der Waals surface area contributed by atoms with E-state index >= 15 is 0 Å². The molecule has 0 bridgehead atoms. The van der Waals surface area contributed by atoms with Crippen molar-refractivity contribution in [2.24, 2.45) is 5.73 Å². The number of hydrogen-bond donors (Lipinski definition) is 1. The summed E-state index contributed by atoms with van der Waals surface area (Å²) in [5.74, 6) is -0.810. The van der Waals surface area contributed by atoms with Crippen molar-refractivity contribution in [2.75, 3.05) is 0 Å². The summed E-state index contributed by atoms with van der Waals surface area (Å²) in [6, 6.07) is 8.42. The topological polar surface area (TPSA) is 35.2 Å². The highest BCUT2D eigenvalue weighted by Gasteiger charge is 2.24. The van der Waals surface area contributed by atoms with Crippen molar-refractivity contribution in [1.82, 2.24) is 0 Å². The van der Waals surface area contributed by atoms with Gasteiger partial charge in [0.1, 0.15) is 23.5 Å². The molecule has 2 unspecified atom stereocenters. The maximum Gasteiger partial charge on any atom is 0.133 e. The summed E-state index contributed by atoms with van der Waals surface area (Å²) in [5, 5.41) is 0.515. The third-order valence-electron chi connectivity index (χ3n) is 3.28. The van der Waals surface area contributed by atoms with Gasteiger partial charge in [-0.25, -0.2) is 8.78 Å². The van der Waals surface area contributed by atoms with Gasteiger partial charge in [-0.15, -0.1) is 0 Å². The van der Waals surface area contributed by atoms with Crippen LogP contribution in [0.4, 0.5) is 8.78 Å². The van der Waals surface area contributed by atoms with Crippen LogP contribution in [0, 0.1) is 18.6 Å². The number of benzene rings is 2. The molecule has 0 saturated carbocycles. The lowest BCUT2D eigenvalue weighted by Gasteiger charge is -2.23. The lowest BCUT2D eigenvalue weighted by Crippen LogP contribution is -2.30. The van der Waals surface area contributed by atoms with Gasteiger partial charge in [0.25, 0.3) is 0 Å². The van der Waals surface area contributed by atoms with Crippen molar-refractivity contribution in [2.45, 2.75) is 26.0 Å². The summed E-state index contributed by atoms with van der Waals surface area (Å²) >= 11 is 5.86. The van der Waals surface area contributed by atoms with Crippen LogP contribution in [-0.2, 0) is 0 Å². The highest BCUT2D eigenvalue weighted by atomic mass is 35.5. The van der Waals surface area contributed by atoms with Crippen molar-refractivity contribution in [1.29, 1.82) is 0 Å². The molecule has 2 N–H and O–H groups in total. The van der Waals surface area contributed by atoms with Crippen LogP contribution >= 0.6 is 11.6 Å². The van der Waals surface area contributed by atoms with E-state index in [0.29, 0.717) is 16.3 Å². The number of nitrogens with two attached hydrogens (primary N) is 1. The van der Waals surface area contributed by atoms with Gasteiger partial charge < -0.3 is 10.5 Å². The largest absolute Gasteiger partial charge is 0.489 e. The van der Waals surface area contributed by atoms with Crippen molar-refractivity contribution in [3.8, 4) is 5.75 Å². The quantitative estimate of drug-likeness (QED) is 0.908. The Morgan fingerprint density at radius 3 is 2.57 bits per heavy atom. The van der Waals surface area contributed by atoms with Crippen LogP contribution in [0.1, 0.15) is 24.1 Å². The first-order valence-electron chi connectivity index (χ1n) is 6.52. The molecule has 2 aromatic rings. The molecule has 2 rings (SSSR count). The summed E-state index contributed by atoms with van der Waals surface area (Å²) in [6.07, 6.45) is -0.616. The van der Waals surface area contributed by atoms with Gasteiger partial charge in [-0.2, -0.15) is 0 Å². The standard InChI is InChI=1S/C16H16ClF2NO/c1-9-6-7-13(18)14(15(9)19)16(20)10(2)21-12-5-3-4-11(17)8-12/h3-8,10,16H,20H2,1-2H3. The molecular formula is C16H16ClF2NO. The van der Waals surface area contributed by atoms with E-state index in [9.17, 15) is 8.78 Å². The molecule has 5 heteroatoms. The number of rotatable bonds is 4. The SMILES string of the molecule is Cc1ccc(F)c(C(N)C(C)Oc2cccc(Cl)c2)c1F. The summed E-state index contributed by atoms with van der Waals surface area (Å²) < 4.78 is 33.5. The lowest BCUT2D eigenvalue weighted by atomic mass is 9.99.